The highest BCUT2D eigenvalue weighted by atomic mass is 32.1. The number of hydrogen-bond acceptors (Lipinski definition) is 5. The van der Waals surface area contributed by atoms with E-state index in [1.54, 1.807) is 11.1 Å². The Balaban J connectivity index is 1.63. The number of hydrogen-bond donors (Lipinski definition) is 0. The molecule has 0 bridgehead atoms. The van der Waals surface area contributed by atoms with Crippen molar-refractivity contribution in [3.63, 3.8) is 0 Å². The van der Waals surface area contributed by atoms with E-state index >= 15 is 0 Å². The van der Waals surface area contributed by atoms with Crippen molar-refractivity contribution < 1.29 is 9.53 Å². The second kappa shape index (κ2) is 9.05. The molecule has 0 fully saturated rings. The average Bonchev–Trinajstić information content (AvgIpc) is 3.20. The maximum absolute atomic E-state index is 13.2. The maximum Gasteiger partial charge on any atom is 0.267 e. The van der Waals surface area contributed by atoms with Gasteiger partial charge in [0.1, 0.15) is 5.75 Å². The lowest BCUT2D eigenvalue weighted by atomic mass is 10.1. The summed E-state index contributed by atoms with van der Waals surface area (Å²) in [7, 11) is 0. The molecule has 0 saturated carbocycles. The van der Waals surface area contributed by atoms with Gasteiger partial charge in [0, 0.05) is 6.20 Å². The number of amides is 1. The number of carbonyl (C=O) groups excluding carboxylic acids is 1. The van der Waals surface area contributed by atoms with Crippen LogP contribution >= 0.6 is 11.3 Å². The molecule has 2 aromatic carbocycles. The topological polar surface area (TPSA) is 55.3 Å². The molecule has 0 atom stereocenters. The third-order valence-corrected chi connectivity index (χ3v) is 5.85. The second-order valence-electron chi connectivity index (χ2n) is 7.02. The molecule has 0 aliphatic carbocycles. The smallest absolute Gasteiger partial charge is 0.267 e. The zero-order valence-corrected chi connectivity index (χ0v) is 17.9. The van der Waals surface area contributed by atoms with Crippen LogP contribution in [0.3, 0.4) is 0 Å². The summed E-state index contributed by atoms with van der Waals surface area (Å²) in [6.45, 7) is 4.39. The predicted molar refractivity (Wildman–Crippen MR) is 121 cm³/mol. The monoisotopic (exact) mass is 417 g/mol. The Bertz CT molecular complexity index is 1160. The first-order valence-corrected chi connectivity index (χ1v) is 10.7. The molecule has 4 rings (SSSR count). The number of carbonyl (C=O) groups is 1. The summed E-state index contributed by atoms with van der Waals surface area (Å²) in [5.41, 5.74) is 4.02. The Morgan fingerprint density at radius 1 is 1.10 bits per heavy atom. The standard InChI is InChI=1S/C24H23N3O2S/c1-3-18-9-7-12-21-23(18)26-24(30-21)27(15-19-10-4-5-13-25-19)22(28)16-29-20-11-6-8-17(2)14-20/h4-14H,3,15-16H2,1-2H3. The van der Waals surface area contributed by atoms with Gasteiger partial charge in [-0.3, -0.25) is 14.7 Å². The molecule has 5 nitrogen and oxygen atoms in total. The van der Waals surface area contributed by atoms with Gasteiger partial charge >= 0.3 is 0 Å². The molecule has 152 valence electrons. The van der Waals surface area contributed by atoms with Gasteiger partial charge in [0.15, 0.2) is 11.7 Å². The van der Waals surface area contributed by atoms with E-state index in [9.17, 15) is 4.79 Å². The minimum atomic E-state index is -0.153. The van der Waals surface area contributed by atoms with Crippen molar-refractivity contribution in [3.8, 4) is 5.75 Å². The molecule has 0 spiro atoms. The quantitative estimate of drug-likeness (QED) is 0.416. The first-order valence-electron chi connectivity index (χ1n) is 9.92. The van der Waals surface area contributed by atoms with Crippen LogP contribution in [0.1, 0.15) is 23.7 Å². The zero-order chi connectivity index (χ0) is 20.9. The van der Waals surface area contributed by atoms with Crippen LogP contribution in [-0.2, 0) is 17.8 Å². The lowest BCUT2D eigenvalue weighted by Gasteiger charge is -2.19. The fourth-order valence-electron chi connectivity index (χ4n) is 3.24. The Morgan fingerprint density at radius 3 is 2.73 bits per heavy atom. The van der Waals surface area contributed by atoms with E-state index in [1.807, 2.05) is 61.5 Å². The molecule has 0 aliphatic heterocycles. The molecule has 0 N–H and O–H groups in total. The Labute approximate surface area is 180 Å². The van der Waals surface area contributed by atoms with Crippen LogP contribution in [0.5, 0.6) is 5.75 Å². The van der Waals surface area contributed by atoms with Crippen molar-refractivity contribution in [1.29, 1.82) is 0 Å². The van der Waals surface area contributed by atoms with E-state index in [4.69, 9.17) is 9.72 Å². The van der Waals surface area contributed by atoms with Crippen molar-refractivity contribution in [3.05, 3.63) is 83.7 Å². The first-order chi connectivity index (χ1) is 14.6. The molecule has 0 unspecified atom stereocenters. The first kappa shape index (κ1) is 20.0. The van der Waals surface area contributed by atoms with Gasteiger partial charge in [-0.1, -0.05) is 48.6 Å². The number of rotatable bonds is 7. The Hall–Kier alpha value is -3.25. The molecule has 2 aromatic heterocycles. The fourth-order valence-corrected chi connectivity index (χ4v) is 4.27. The molecule has 0 saturated heterocycles. The second-order valence-corrected chi connectivity index (χ2v) is 8.03. The number of para-hydroxylation sites is 1. The number of thiazole rings is 1. The van der Waals surface area contributed by atoms with E-state index < -0.39 is 0 Å². The van der Waals surface area contributed by atoms with E-state index in [0.29, 0.717) is 17.4 Å². The third kappa shape index (κ3) is 4.49. The van der Waals surface area contributed by atoms with Crippen molar-refractivity contribution in [2.24, 2.45) is 0 Å². The van der Waals surface area contributed by atoms with Gasteiger partial charge in [-0.25, -0.2) is 4.98 Å². The number of nitrogens with zero attached hydrogens (tertiary/aromatic N) is 3. The van der Waals surface area contributed by atoms with Crippen molar-refractivity contribution >= 4 is 32.6 Å². The van der Waals surface area contributed by atoms with E-state index in [-0.39, 0.29) is 12.5 Å². The van der Waals surface area contributed by atoms with Crippen LogP contribution in [0.4, 0.5) is 5.13 Å². The summed E-state index contributed by atoms with van der Waals surface area (Å²) in [5.74, 6) is 0.526. The molecule has 30 heavy (non-hydrogen) atoms. The van der Waals surface area contributed by atoms with Crippen LogP contribution < -0.4 is 9.64 Å². The zero-order valence-electron chi connectivity index (χ0n) is 17.0. The Kier molecular flexibility index (Phi) is 6.05. The van der Waals surface area contributed by atoms with Crippen molar-refractivity contribution in [1.82, 2.24) is 9.97 Å². The highest BCUT2D eigenvalue weighted by Crippen LogP contribution is 2.32. The molecular weight excluding hydrogens is 394 g/mol. The largest absolute Gasteiger partial charge is 0.484 e. The maximum atomic E-state index is 13.2. The third-order valence-electron chi connectivity index (χ3n) is 4.80. The number of benzene rings is 2. The predicted octanol–water partition coefficient (Wildman–Crippen LogP) is 5.17. The van der Waals surface area contributed by atoms with Gasteiger partial charge in [-0.15, -0.1) is 0 Å². The highest BCUT2D eigenvalue weighted by molar-refractivity contribution is 7.22. The molecule has 2 heterocycles. The van der Waals surface area contributed by atoms with E-state index in [2.05, 4.69) is 18.0 Å². The minimum absolute atomic E-state index is 0.0627. The normalized spacial score (nSPS) is 10.9. The summed E-state index contributed by atoms with van der Waals surface area (Å²) in [4.78, 5) is 24.0. The molecule has 0 aliphatic rings. The number of aromatic nitrogens is 2. The van der Waals surface area contributed by atoms with Gasteiger partial charge < -0.3 is 4.74 Å². The van der Waals surface area contributed by atoms with Crippen LogP contribution in [0.15, 0.2) is 66.9 Å². The van der Waals surface area contributed by atoms with E-state index in [0.717, 1.165) is 27.9 Å². The number of pyridine rings is 1. The van der Waals surface area contributed by atoms with Crippen LogP contribution in [0.2, 0.25) is 0 Å². The number of ether oxygens (including phenoxy) is 1. The van der Waals surface area contributed by atoms with Crippen molar-refractivity contribution in [2.45, 2.75) is 26.8 Å². The van der Waals surface area contributed by atoms with Crippen LogP contribution in [0, 0.1) is 6.92 Å². The fraction of sp³-hybridized carbons (Fsp3) is 0.208. The average molecular weight is 418 g/mol. The van der Waals surface area contributed by atoms with Crippen LogP contribution in [0.25, 0.3) is 10.2 Å². The molecule has 6 heteroatoms. The molecule has 1 amide bonds. The summed E-state index contributed by atoms with van der Waals surface area (Å²) < 4.78 is 6.85. The molecule has 4 aromatic rings. The number of anilines is 1. The molecule has 0 radical (unpaired) electrons. The highest BCUT2D eigenvalue weighted by Gasteiger charge is 2.22. The van der Waals surface area contributed by atoms with E-state index in [1.165, 1.54) is 16.9 Å². The van der Waals surface area contributed by atoms with Gasteiger partial charge in [0.25, 0.3) is 5.91 Å². The number of fused-ring (bicyclic) bond motifs is 1. The summed E-state index contributed by atoms with van der Waals surface area (Å²) >= 11 is 1.52. The minimum Gasteiger partial charge on any atom is -0.484 e. The van der Waals surface area contributed by atoms with Crippen LogP contribution in [-0.4, -0.2) is 22.5 Å². The lowest BCUT2D eigenvalue weighted by Crippen LogP contribution is -2.34. The van der Waals surface area contributed by atoms with Crippen molar-refractivity contribution in [2.75, 3.05) is 11.5 Å². The van der Waals surface area contributed by atoms with Gasteiger partial charge in [-0.05, 0) is 54.8 Å². The summed E-state index contributed by atoms with van der Waals surface area (Å²) in [5, 5.41) is 0.661. The SMILES string of the molecule is CCc1cccc2sc(N(Cc3ccccn3)C(=O)COc3cccc(C)c3)nc12. The molecular formula is C24H23N3O2S. The summed E-state index contributed by atoms with van der Waals surface area (Å²) in [6, 6.07) is 19.5. The van der Waals surface area contributed by atoms with Gasteiger partial charge in [-0.2, -0.15) is 0 Å². The van der Waals surface area contributed by atoms with Gasteiger partial charge in [0.2, 0.25) is 0 Å². The Morgan fingerprint density at radius 2 is 1.97 bits per heavy atom. The summed E-state index contributed by atoms with van der Waals surface area (Å²) in [6.07, 6.45) is 2.62. The lowest BCUT2D eigenvalue weighted by molar-refractivity contribution is -0.120. The number of aryl methyl sites for hydroxylation is 2. The van der Waals surface area contributed by atoms with Gasteiger partial charge in [0.05, 0.1) is 22.5 Å².